The van der Waals surface area contributed by atoms with Crippen molar-refractivity contribution in [1.82, 2.24) is 30.2 Å². The van der Waals surface area contributed by atoms with Crippen LogP contribution in [0.15, 0.2) is 12.3 Å². The van der Waals surface area contributed by atoms with E-state index in [9.17, 15) is 9.59 Å². The van der Waals surface area contributed by atoms with Crippen LogP contribution >= 0.6 is 0 Å². The van der Waals surface area contributed by atoms with Gasteiger partial charge in [0.2, 0.25) is 11.6 Å². The summed E-state index contributed by atoms with van der Waals surface area (Å²) in [5, 5.41) is 10.5. The van der Waals surface area contributed by atoms with Crippen molar-refractivity contribution >= 4 is 23.0 Å². The highest BCUT2D eigenvalue weighted by atomic mass is 16.2. The maximum Gasteiger partial charge on any atom is 0.255 e. The first-order valence-electron chi connectivity index (χ1n) is 10.7. The van der Waals surface area contributed by atoms with Gasteiger partial charge in [-0.15, -0.1) is 5.10 Å². The number of amides is 2. The molecular weight excluding hydrogens is 368 g/mol. The molecule has 0 aromatic carbocycles. The van der Waals surface area contributed by atoms with E-state index in [1.54, 1.807) is 12.3 Å². The van der Waals surface area contributed by atoms with Gasteiger partial charge >= 0.3 is 0 Å². The maximum absolute atomic E-state index is 13.2. The third-order valence-electron chi connectivity index (χ3n) is 6.82. The van der Waals surface area contributed by atoms with E-state index in [0.29, 0.717) is 29.2 Å². The first-order chi connectivity index (χ1) is 14.0. The van der Waals surface area contributed by atoms with Crippen molar-refractivity contribution in [2.45, 2.75) is 58.9 Å². The smallest absolute Gasteiger partial charge is 0.255 e. The minimum atomic E-state index is -0.0187. The number of pyridine rings is 1. The lowest BCUT2D eigenvalue weighted by molar-refractivity contribution is -0.134. The van der Waals surface area contributed by atoms with Gasteiger partial charge in [0.05, 0.1) is 5.56 Å². The molecule has 1 saturated heterocycles. The molecule has 1 N–H and O–H groups in total. The van der Waals surface area contributed by atoms with Crippen LogP contribution in [0.1, 0.15) is 63.2 Å². The number of aromatic amines is 1. The van der Waals surface area contributed by atoms with Crippen molar-refractivity contribution in [3.05, 3.63) is 17.8 Å². The number of H-pyrrole nitrogens is 1. The number of piperidine rings is 1. The number of fused-ring (bicyclic) bond motifs is 1. The van der Waals surface area contributed by atoms with Gasteiger partial charge in [0, 0.05) is 37.8 Å². The third kappa shape index (κ3) is 3.72. The van der Waals surface area contributed by atoms with Crippen LogP contribution in [0.5, 0.6) is 0 Å². The lowest BCUT2D eigenvalue weighted by Gasteiger charge is -2.39. The molecular formula is C21H30N6O2. The second-order valence-electron chi connectivity index (χ2n) is 8.71. The summed E-state index contributed by atoms with van der Waals surface area (Å²) < 4.78 is 0. The molecule has 156 valence electrons. The fraction of sp³-hybridized carbons (Fsp3) is 0.667. The summed E-state index contributed by atoms with van der Waals surface area (Å²) in [6.45, 7) is 8.62. The Hall–Kier alpha value is -2.51. The van der Waals surface area contributed by atoms with Gasteiger partial charge in [0.25, 0.3) is 5.91 Å². The van der Waals surface area contributed by atoms with Crippen LogP contribution in [-0.4, -0.2) is 67.7 Å². The highest BCUT2D eigenvalue weighted by Crippen LogP contribution is 2.55. The molecule has 2 unspecified atom stereocenters. The average molecular weight is 399 g/mol. The van der Waals surface area contributed by atoms with Crippen molar-refractivity contribution in [3.63, 3.8) is 0 Å². The second kappa shape index (κ2) is 7.72. The van der Waals surface area contributed by atoms with Gasteiger partial charge in [-0.3, -0.25) is 9.59 Å². The molecule has 2 atom stereocenters. The van der Waals surface area contributed by atoms with Crippen LogP contribution in [0.4, 0.5) is 0 Å². The zero-order chi connectivity index (χ0) is 20.6. The number of carbonyl (C=O) groups is 2. The van der Waals surface area contributed by atoms with E-state index in [1.807, 2.05) is 9.80 Å². The fourth-order valence-corrected chi connectivity index (χ4v) is 4.52. The van der Waals surface area contributed by atoms with Crippen molar-refractivity contribution < 1.29 is 9.59 Å². The Balaban J connectivity index is 1.41. The molecule has 2 aliphatic rings. The normalized spacial score (nSPS) is 24.7. The molecule has 8 heteroatoms. The van der Waals surface area contributed by atoms with Gasteiger partial charge in [0.1, 0.15) is 5.52 Å². The molecule has 0 bridgehead atoms. The summed E-state index contributed by atoms with van der Waals surface area (Å²) in [4.78, 5) is 34.2. The average Bonchev–Trinajstić information content (AvgIpc) is 3.21. The van der Waals surface area contributed by atoms with E-state index in [1.165, 1.54) is 0 Å². The predicted molar refractivity (Wildman–Crippen MR) is 109 cm³/mol. The van der Waals surface area contributed by atoms with Gasteiger partial charge < -0.3 is 9.80 Å². The number of rotatable bonds is 6. The van der Waals surface area contributed by atoms with Crippen molar-refractivity contribution in [2.24, 2.45) is 11.3 Å². The first-order valence-corrected chi connectivity index (χ1v) is 10.7. The van der Waals surface area contributed by atoms with E-state index in [0.717, 1.165) is 45.2 Å². The van der Waals surface area contributed by atoms with E-state index >= 15 is 0 Å². The summed E-state index contributed by atoms with van der Waals surface area (Å²) in [5.74, 6) is 0.481. The van der Waals surface area contributed by atoms with E-state index in [2.05, 4.69) is 41.2 Å². The van der Waals surface area contributed by atoms with Gasteiger partial charge in [-0.05, 0) is 43.6 Å². The minimum absolute atomic E-state index is 0.0187. The summed E-state index contributed by atoms with van der Waals surface area (Å²) in [5.41, 5.74) is 1.84. The van der Waals surface area contributed by atoms with Gasteiger partial charge in [-0.2, -0.15) is 10.3 Å². The molecule has 29 heavy (non-hydrogen) atoms. The summed E-state index contributed by atoms with van der Waals surface area (Å²) in [6.07, 6.45) is 6.19. The van der Waals surface area contributed by atoms with E-state index in [-0.39, 0.29) is 23.3 Å². The molecule has 1 saturated carbocycles. The second-order valence-corrected chi connectivity index (χ2v) is 8.71. The van der Waals surface area contributed by atoms with Crippen molar-refractivity contribution in [3.8, 4) is 0 Å². The van der Waals surface area contributed by atoms with Gasteiger partial charge in [-0.25, -0.2) is 4.98 Å². The summed E-state index contributed by atoms with van der Waals surface area (Å²) in [7, 11) is 0. The van der Waals surface area contributed by atoms with E-state index in [4.69, 9.17) is 0 Å². The quantitative estimate of drug-likeness (QED) is 0.807. The van der Waals surface area contributed by atoms with Crippen molar-refractivity contribution in [2.75, 3.05) is 19.6 Å². The predicted octanol–water partition coefficient (Wildman–Crippen LogP) is 2.63. The molecule has 2 aromatic heterocycles. The SMILES string of the molecule is CCCN(C(=O)c1cnc2n[nH]nc2c1)C1CCN(C(=O)C2CC2(C)CC)CC1. The van der Waals surface area contributed by atoms with Crippen LogP contribution in [-0.2, 0) is 4.79 Å². The number of likely N-dealkylation sites (tertiary alicyclic amines) is 1. The molecule has 2 amide bonds. The molecule has 3 heterocycles. The molecule has 0 spiro atoms. The Labute approximate surface area is 171 Å². The Bertz CT molecular complexity index is 903. The van der Waals surface area contributed by atoms with Gasteiger partial charge in [0.15, 0.2) is 0 Å². The van der Waals surface area contributed by atoms with Crippen LogP contribution < -0.4 is 0 Å². The third-order valence-corrected chi connectivity index (χ3v) is 6.82. The van der Waals surface area contributed by atoms with Crippen LogP contribution in [0.2, 0.25) is 0 Å². The Kier molecular flexibility index (Phi) is 5.27. The zero-order valence-corrected chi connectivity index (χ0v) is 17.5. The lowest BCUT2D eigenvalue weighted by Crippen LogP contribution is -2.49. The number of hydrogen-bond donors (Lipinski definition) is 1. The van der Waals surface area contributed by atoms with Crippen LogP contribution in [0.25, 0.3) is 11.2 Å². The molecule has 2 fully saturated rings. The van der Waals surface area contributed by atoms with E-state index < -0.39 is 0 Å². The number of nitrogens with zero attached hydrogens (tertiary/aromatic N) is 5. The molecule has 2 aromatic rings. The Morgan fingerprint density at radius 2 is 2.03 bits per heavy atom. The van der Waals surface area contributed by atoms with Gasteiger partial charge in [-0.1, -0.05) is 20.8 Å². The monoisotopic (exact) mass is 398 g/mol. The fourth-order valence-electron chi connectivity index (χ4n) is 4.52. The first kappa shape index (κ1) is 19.8. The molecule has 8 nitrogen and oxygen atoms in total. The molecule has 1 aliphatic heterocycles. The number of aromatic nitrogens is 4. The summed E-state index contributed by atoms with van der Waals surface area (Å²) in [6, 6.07) is 1.89. The number of hydrogen-bond acceptors (Lipinski definition) is 5. The highest BCUT2D eigenvalue weighted by Gasteiger charge is 2.54. The van der Waals surface area contributed by atoms with Crippen molar-refractivity contribution in [1.29, 1.82) is 0 Å². The van der Waals surface area contributed by atoms with Crippen LogP contribution in [0, 0.1) is 11.3 Å². The lowest BCUT2D eigenvalue weighted by atomic mass is 9.99. The Morgan fingerprint density at radius 1 is 1.28 bits per heavy atom. The number of carbonyl (C=O) groups excluding carboxylic acids is 2. The minimum Gasteiger partial charge on any atom is -0.342 e. The molecule has 0 radical (unpaired) electrons. The zero-order valence-electron chi connectivity index (χ0n) is 17.5. The summed E-state index contributed by atoms with van der Waals surface area (Å²) >= 11 is 0. The molecule has 1 aliphatic carbocycles. The highest BCUT2D eigenvalue weighted by molar-refractivity contribution is 5.96. The molecule has 4 rings (SSSR count). The van der Waals surface area contributed by atoms with Crippen LogP contribution in [0.3, 0.4) is 0 Å². The maximum atomic E-state index is 13.2. The number of nitrogens with one attached hydrogen (secondary N) is 1. The topological polar surface area (TPSA) is 95.1 Å². The standard InChI is InChI=1S/C21H30N6O2/c1-4-8-27(19(28)14-11-17-18(22-13-14)24-25-23-17)15-6-9-26(10-7-15)20(29)16-12-21(16,3)5-2/h11,13,15-16H,4-10,12H2,1-3H3,(H,22,23,24,25). The Morgan fingerprint density at radius 3 is 2.69 bits per heavy atom. The largest absolute Gasteiger partial charge is 0.342 e.